The Kier molecular flexibility index (Phi) is 4.44. The van der Waals surface area contributed by atoms with E-state index in [9.17, 15) is 9.59 Å². The second-order valence-corrected chi connectivity index (χ2v) is 6.19. The summed E-state index contributed by atoms with van der Waals surface area (Å²) in [5.74, 6) is -0.0428. The number of amides is 2. The number of para-hydroxylation sites is 1. The summed E-state index contributed by atoms with van der Waals surface area (Å²) in [7, 11) is 3.34. The van der Waals surface area contributed by atoms with Gasteiger partial charge < -0.3 is 15.0 Å². The molecule has 1 atom stereocenters. The van der Waals surface area contributed by atoms with Crippen molar-refractivity contribution in [1.29, 1.82) is 0 Å². The fourth-order valence-corrected chi connectivity index (χ4v) is 2.78. The van der Waals surface area contributed by atoms with Crippen LogP contribution >= 0.6 is 11.6 Å². The van der Waals surface area contributed by atoms with Gasteiger partial charge in [0.15, 0.2) is 0 Å². The second-order valence-electron chi connectivity index (χ2n) is 5.78. The molecule has 0 bridgehead atoms. The Labute approximate surface area is 145 Å². The van der Waals surface area contributed by atoms with Gasteiger partial charge in [-0.1, -0.05) is 29.8 Å². The van der Waals surface area contributed by atoms with Gasteiger partial charge in [0.1, 0.15) is 18.3 Å². The van der Waals surface area contributed by atoms with Crippen LogP contribution in [0.4, 0.5) is 5.69 Å². The number of hydrogen-bond donors (Lipinski definition) is 1. The standard InChI is InChI=1S/C18H17ClN2O3/c1-21(2)18(23)11-7-8-14(19)15(9-11)20-17(22)13-10-24-16-6-4-3-5-12(13)16/h3-9,13H,10H2,1-2H3,(H,20,22)/t13-/m0/s1. The Hall–Kier alpha value is -2.53. The monoisotopic (exact) mass is 344 g/mol. The Bertz CT molecular complexity index is 805. The van der Waals surface area contributed by atoms with Crippen molar-refractivity contribution < 1.29 is 14.3 Å². The summed E-state index contributed by atoms with van der Waals surface area (Å²) in [6, 6.07) is 12.3. The number of benzene rings is 2. The summed E-state index contributed by atoms with van der Waals surface area (Å²) in [4.78, 5) is 26.1. The highest BCUT2D eigenvalue weighted by Crippen LogP contribution is 2.34. The molecule has 6 heteroatoms. The van der Waals surface area contributed by atoms with Crippen LogP contribution in [-0.2, 0) is 4.79 Å². The van der Waals surface area contributed by atoms with Crippen LogP contribution in [0.5, 0.6) is 5.75 Å². The van der Waals surface area contributed by atoms with Crippen LogP contribution in [0.15, 0.2) is 42.5 Å². The number of nitrogens with zero attached hydrogens (tertiary/aromatic N) is 1. The van der Waals surface area contributed by atoms with E-state index in [-0.39, 0.29) is 11.8 Å². The van der Waals surface area contributed by atoms with Gasteiger partial charge in [-0.3, -0.25) is 9.59 Å². The Morgan fingerprint density at radius 1 is 1.21 bits per heavy atom. The van der Waals surface area contributed by atoms with Gasteiger partial charge in [-0.2, -0.15) is 0 Å². The molecule has 1 N–H and O–H groups in total. The molecule has 0 unspecified atom stereocenters. The number of carbonyl (C=O) groups is 2. The quantitative estimate of drug-likeness (QED) is 0.930. The molecular weight excluding hydrogens is 328 g/mol. The SMILES string of the molecule is CN(C)C(=O)c1ccc(Cl)c(NC(=O)[C@H]2COc3ccccc32)c1. The van der Waals surface area contributed by atoms with E-state index in [1.54, 1.807) is 32.3 Å². The lowest BCUT2D eigenvalue weighted by Gasteiger charge is -2.14. The van der Waals surface area contributed by atoms with E-state index in [4.69, 9.17) is 16.3 Å². The van der Waals surface area contributed by atoms with Crippen LogP contribution in [0, 0.1) is 0 Å². The predicted octanol–water partition coefficient (Wildman–Crippen LogP) is 3.16. The summed E-state index contributed by atoms with van der Waals surface area (Å²) >= 11 is 6.16. The average molecular weight is 345 g/mol. The molecule has 0 saturated heterocycles. The molecule has 3 rings (SSSR count). The molecule has 0 aromatic heterocycles. The first-order valence-electron chi connectivity index (χ1n) is 7.51. The van der Waals surface area contributed by atoms with Crippen LogP contribution in [-0.4, -0.2) is 37.4 Å². The molecule has 1 heterocycles. The lowest BCUT2D eigenvalue weighted by Crippen LogP contribution is -2.24. The van der Waals surface area contributed by atoms with Crippen LogP contribution in [0.25, 0.3) is 0 Å². The third-order valence-corrected chi connectivity index (χ3v) is 4.22. The summed E-state index contributed by atoms with van der Waals surface area (Å²) in [5.41, 5.74) is 1.73. The lowest BCUT2D eigenvalue weighted by atomic mass is 10.0. The van der Waals surface area contributed by atoms with E-state index in [0.29, 0.717) is 22.9 Å². The smallest absolute Gasteiger partial charge is 0.253 e. The van der Waals surface area contributed by atoms with Crippen LogP contribution in [0.2, 0.25) is 5.02 Å². The summed E-state index contributed by atoms with van der Waals surface area (Å²) in [6.45, 7) is 0.291. The molecule has 2 aromatic carbocycles. The van der Waals surface area contributed by atoms with Crippen LogP contribution in [0.1, 0.15) is 21.8 Å². The van der Waals surface area contributed by atoms with Crippen molar-refractivity contribution in [3.8, 4) is 5.75 Å². The minimum atomic E-state index is -0.398. The maximum atomic E-state index is 12.6. The zero-order valence-corrected chi connectivity index (χ0v) is 14.1. The van der Waals surface area contributed by atoms with E-state index in [1.807, 2.05) is 24.3 Å². The van der Waals surface area contributed by atoms with Crippen molar-refractivity contribution in [2.75, 3.05) is 26.0 Å². The molecule has 5 nitrogen and oxygen atoms in total. The Morgan fingerprint density at radius 3 is 2.71 bits per heavy atom. The molecule has 1 aliphatic heterocycles. The van der Waals surface area contributed by atoms with Crippen molar-refractivity contribution in [2.45, 2.75) is 5.92 Å². The fourth-order valence-electron chi connectivity index (χ4n) is 2.61. The third kappa shape index (κ3) is 3.08. The zero-order valence-electron chi connectivity index (χ0n) is 13.4. The molecule has 0 spiro atoms. The minimum absolute atomic E-state index is 0.156. The van der Waals surface area contributed by atoms with Gasteiger partial charge in [-0.05, 0) is 24.3 Å². The van der Waals surface area contributed by atoms with Crippen molar-refractivity contribution in [3.05, 3.63) is 58.6 Å². The third-order valence-electron chi connectivity index (χ3n) is 3.89. The molecule has 0 aliphatic carbocycles. The van der Waals surface area contributed by atoms with Crippen molar-refractivity contribution >= 4 is 29.1 Å². The van der Waals surface area contributed by atoms with Gasteiger partial charge in [0.05, 0.1) is 10.7 Å². The summed E-state index contributed by atoms with van der Waals surface area (Å²) in [5, 5.41) is 3.19. The average Bonchev–Trinajstić information content (AvgIpc) is 3.00. The highest BCUT2D eigenvalue weighted by atomic mass is 35.5. The van der Waals surface area contributed by atoms with Crippen LogP contribution in [0.3, 0.4) is 0 Å². The van der Waals surface area contributed by atoms with E-state index < -0.39 is 5.92 Å². The number of nitrogens with one attached hydrogen (secondary N) is 1. The summed E-state index contributed by atoms with van der Waals surface area (Å²) in [6.07, 6.45) is 0. The number of rotatable bonds is 3. The van der Waals surface area contributed by atoms with Gasteiger partial charge in [-0.15, -0.1) is 0 Å². The number of anilines is 1. The predicted molar refractivity (Wildman–Crippen MR) is 92.8 cm³/mol. The zero-order chi connectivity index (χ0) is 17.3. The largest absolute Gasteiger partial charge is 0.492 e. The van der Waals surface area contributed by atoms with E-state index >= 15 is 0 Å². The summed E-state index contributed by atoms with van der Waals surface area (Å²) < 4.78 is 5.54. The van der Waals surface area contributed by atoms with Crippen molar-refractivity contribution in [1.82, 2.24) is 4.90 Å². The van der Waals surface area contributed by atoms with Gasteiger partial charge in [0, 0.05) is 25.2 Å². The molecule has 0 saturated carbocycles. The van der Waals surface area contributed by atoms with Gasteiger partial charge in [0.2, 0.25) is 5.91 Å². The number of fused-ring (bicyclic) bond motifs is 1. The molecule has 2 amide bonds. The van der Waals surface area contributed by atoms with Gasteiger partial charge in [-0.25, -0.2) is 0 Å². The highest BCUT2D eigenvalue weighted by molar-refractivity contribution is 6.34. The van der Waals surface area contributed by atoms with Gasteiger partial charge >= 0.3 is 0 Å². The molecule has 0 fully saturated rings. The topological polar surface area (TPSA) is 58.6 Å². The van der Waals surface area contributed by atoms with Crippen molar-refractivity contribution in [3.63, 3.8) is 0 Å². The first kappa shape index (κ1) is 16.3. The first-order valence-corrected chi connectivity index (χ1v) is 7.89. The Morgan fingerprint density at radius 2 is 1.96 bits per heavy atom. The van der Waals surface area contributed by atoms with E-state index in [0.717, 1.165) is 11.3 Å². The van der Waals surface area contributed by atoms with Crippen molar-refractivity contribution in [2.24, 2.45) is 0 Å². The van der Waals surface area contributed by atoms with E-state index in [1.165, 1.54) is 4.90 Å². The lowest BCUT2D eigenvalue weighted by molar-refractivity contribution is -0.117. The maximum absolute atomic E-state index is 12.6. The number of hydrogen-bond acceptors (Lipinski definition) is 3. The molecule has 24 heavy (non-hydrogen) atoms. The molecule has 0 radical (unpaired) electrons. The number of ether oxygens (including phenoxy) is 1. The maximum Gasteiger partial charge on any atom is 0.253 e. The molecule has 1 aliphatic rings. The number of carbonyl (C=O) groups excluding carboxylic acids is 2. The molecule has 2 aromatic rings. The highest BCUT2D eigenvalue weighted by Gasteiger charge is 2.30. The first-order chi connectivity index (χ1) is 11.5. The van der Waals surface area contributed by atoms with Gasteiger partial charge in [0.25, 0.3) is 5.91 Å². The normalized spacial score (nSPS) is 15.4. The fraction of sp³-hybridized carbons (Fsp3) is 0.222. The van der Waals surface area contributed by atoms with Crippen LogP contribution < -0.4 is 10.1 Å². The molecular formula is C18H17ClN2O3. The molecule has 124 valence electrons. The number of halogens is 1. The minimum Gasteiger partial charge on any atom is -0.492 e. The second kappa shape index (κ2) is 6.53. The van der Waals surface area contributed by atoms with E-state index in [2.05, 4.69) is 5.32 Å². The Balaban J connectivity index is 1.83.